The number of amides is 1. The SMILES string of the molecule is CCC(C(=O)Nc1ccc(C(N)=S)cc1)n1cccc(C)c1=O. The Morgan fingerprint density at radius 1 is 1.30 bits per heavy atom. The third-order valence-electron chi connectivity index (χ3n) is 3.63. The van der Waals surface area contributed by atoms with Crippen LogP contribution in [0.5, 0.6) is 0 Å². The lowest BCUT2D eigenvalue weighted by Crippen LogP contribution is -2.33. The first-order chi connectivity index (χ1) is 10.9. The molecule has 120 valence electrons. The normalized spacial score (nSPS) is 11.7. The van der Waals surface area contributed by atoms with Crippen molar-refractivity contribution >= 4 is 28.8 Å². The van der Waals surface area contributed by atoms with E-state index in [1.54, 1.807) is 49.5 Å². The van der Waals surface area contributed by atoms with E-state index >= 15 is 0 Å². The number of rotatable bonds is 5. The van der Waals surface area contributed by atoms with Gasteiger partial charge in [0.2, 0.25) is 5.91 Å². The fraction of sp³-hybridized carbons (Fsp3) is 0.235. The molecule has 0 bridgehead atoms. The summed E-state index contributed by atoms with van der Waals surface area (Å²) in [4.78, 5) is 25.0. The molecule has 0 saturated heterocycles. The van der Waals surface area contributed by atoms with Crippen LogP contribution in [-0.4, -0.2) is 15.5 Å². The third-order valence-corrected chi connectivity index (χ3v) is 3.86. The average Bonchev–Trinajstić information content (AvgIpc) is 2.52. The predicted octanol–water partition coefficient (Wildman–Crippen LogP) is 2.38. The summed E-state index contributed by atoms with van der Waals surface area (Å²) in [6.45, 7) is 3.60. The Labute approximate surface area is 140 Å². The van der Waals surface area contributed by atoms with Crippen LogP contribution in [0.4, 0.5) is 5.69 Å². The van der Waals surface area contributed by atoms with E-state index in [0.717, 1.165) is 5.56 Å². The van der Waals surface area contributed by atoms with Gasteiger partial charge < -0.3 is 15.6 Å². The van der Waals surface area contributed by atoms with E-state index < -0.39 is 6.04 Å². The van der Waals surface area contributed by atoms with Crippen LogP contribution in [0, 0.1) is 6.92 Å². The number of hydrogen-bond acceptors (Lipinski definition) is 3. The summed E-state index contributed by atoms with van der Waals surface area (Å²) in [6.07, 6.45) is 2.15. The van der Waals surface area contributed by atoms with E-state index in [0.29, 0.717) is 22.7 Å². The molecule has 1 heterocycles. The molecule has 1 aromatic carbocycles. The zero-order valence-electron chi connectivity index (χ0n) is 13.1. The van der Waals surface area contributed by atoms with E-state index in [4.69, 9.17) is 18.0 Å². The standard InChI is InChI=1S/C17H19N3O2S/c1-3-14(20-10-4-5-11(2)17(20)22)16(21)19-13-8-6-12(7-9-13)15(18)23/h4-10,14H,3H2,1-2H3,(H2,18,23)(H,19,21). The Bertz CT molecular complexity index is 781. The van der Waals surface area contributed by atoms with Gasteiger partial charge in [0.15, 0.2) is 0 Å². The summed E-state index contributed by atoms with van der Waals surface area (Å²) in [7, 11) is 0. The summed E-state index contributed by atoms with van der Waals surface area (Å²) in [5.74, 6) is -0.233. The molecule has 0 aliphatic heterocycles. The van der Waals surface area contributed by atoms with Crippen molar-refractivity contribution in [2.24, 2.45) is 5.73 Å². The first-order valence-electron chi connectivity index (χ1n) is 7.32. The third kappa shape index (κ3) is 3.84. The van der Waals surface area contributed by atoms with Crippen molar-refractivity contribution < 1.29 is 4.79 Å². The Balaban J connectivity index is 2.22. The molecule has 5 nitrogen and oxygen atoms in total. The summed E-state index contributed by atoms with van der Waals surface area (Å²) in [5.41, 5.74) is 7.37. The van der Waals surface area contributed by atoms with Gasteiger partial charge in [-0.3, -0.25) is 9.59 Å². The van der Waals surface area contributed by atoms with Crippen molar-refractivity contribution in [2.75, 3.05) is 5.32 Å². The van der Waals surface area contributed by atoms with Crippen molar-refractivity contribution in [3.8, 4) is 0 Å². The number of carbonyl (C=O) groups is 1. The number of nitrogens with zero attached hydrogens (tertiary/aromatic N) is 1. The zero-order chi connectivity index (χ0) is 17.0. The van der Waals surface area contributed by atoms with Crippen LogP contribution < -0.4 is 16.6 Å². The van der Waals surface area contributed by atoms with E-state index in [-0.39, 0.29) is 11.5 Å². The van der Waals surface area contributed by atoms with Crippen molar-refractivity contribution in [1.82, 2.24) is 4.57 Å². The molecular formula is C17H19N3O2S. The number of hydrogen-bond donors (Lipinski definition) is 2. The molecule has 2 aromatic rings. The van der Waals surface area contributed by atoms with Crippen molar-refractivity contribution in [2.45, 2.75) is 26.3 Å². The minimum Gasteiger partial charge on any atom is -0.389 e. The molecule has 0 saturated carbocycles. The van der Waals surface area contributed by atoms with Gasteiger partial charge in [-0.05, 0) is 43.7 Å². The lowest BCUT2D eigenvalue weighted by molar-refractivity contribution is -0.119. The summed E-state index contributed by atoms with van der Waals surface area (Å²) in [5, 5.41) is 2.82. The van der Waals surface area contributed by atoms with Gasteiger partial charge in [0, 0.05) is 23.0 Å². The molecule has 0 fully saturated rings. The van der Waals surface area contributed by atoms with Crippen LogP contribution in [-0.2, 0) is 4.79 Å². The van der Waals surface area contributed by atoms with Gasteiger partial charge in [-0.25, -0.2) is 0 Å². The smallest absolute Gasteiger partial charge is 0.254 e. The molecule has 0 radical (unpaired) electrons. The minimum absolute atomic E-state index is 0.154. The second-order valence-corrected chi connectivity index (χ2v) is 5.70. The molecule has 1 atom stereocenters. The number of aromatic nitrogens is 1. The maximum absolute atomic E-state index is 12.5. The second kappa shape index (κ2) is 7.19. The number of pyridine rings is 1. The van der Waals surface area contributed by atoms with Crippen LogP contribution in [0.25, 0.3) is 0 Å². The van der Waals surface area contributed by atoms with Gasteiger partial charge in [0.05, 0.1) is 0 Å². The summed E-state index contributed by atoms with van der Waals surface area (Å²) in [6, 6.07) is 9.91. The molecule has 0 aliphatic rings. The van der Waals surface area contributed by atoms with E-state index in [2.05, 4.69) is 5.32 Å². The maximum atomic E-state index is 12.5. The molecule has 1 aromatic heterocycles. The van der Waals surface area contributed by atoms with Crippen molar-refractivity contribution in [3.05, 3.63) is 64.1 Å². The van der Waals surface area contributed by atoms with Crippen LogP contribution in [0.1, 0.15) is 30.5 Å². The highest BCUT2D eigenvalue weighted by Crippen LogP contribution is 2.15. The highest BCUT2D eigenvalue weighted by molar-refractivity contribution is 7.80. The van der Waals surface area contributed by atoms with Gasteiger partial charge in [-0.1, -0.05) is 25.2 Å². The van der Waals surface area contributed by atoms with Crippen molar-refractivity contribution in [1.29, 1.82) is 0 Å². The highest BCUT2D eigenvalue weighted by atomic mass is 32.1. The van der Waals surface area contributed by atoms with Crippen LogP contribution in [0.2, 0.25) is 0 Å². The molecule has 1 unspecified atom stereocenters. The highest BCUT2D eigenvalue weighted by Gasteiger charge is 2.19. The molecule has 23 heavy (non-hydrogen) atoms. The number of thiocarbonyl (C=S) groups is 1. The monoisotopic (exact) mass is 329 g/mol. The number of nitrogens with one attached hydrogen (secondary N) is 1. The first-order valence-corrected chi connectivity index (χ1v) is 7.73. The molecule has 1 amide bonds. The molecule has 3 N–H and O–H groups in total. The van der Waals surface area contributed by atoms with Gasteiger partial charge in [-0.2, -0.15) is 0 Å². The van der Waals surface area contributed by atoms with Gasteiger partial charge in [0.25, 0.3) is 5.56 Å². The van der Waals surface area contributed by atoms with Gasteiger partial charge in [-0.15, -0.1) is 0 Å². The fourth-order valence-corrected chi connectivity index (χ4v) is 2.46. The largest absolute Gasteiger partial charge is 0.389 e. The molecular weight excluding hydrogens is 310 g/mol. The summed E-state index contributed by atoms with van der Waals surface area (Å²) < 4.78 is 1.47. The molecule has 0 aliphatic carbocycles. The Hall–Kier alpha value is -2.47. The number of anilines is 1. The van der Waals surface area contributed by atoms with Gasteiger partial charge >= 0.3 is 0 Å². The number of benzene rings is 1. The van der Waals surface area contributed by atoms with Crippen LogP contribution in [0.3, 0.4) is 0 Å². The predicted molar refractivity (Wildman–Crippen MR) is 95.7 cm³/mol. The zero-order valence-corrected chi connectivity index (χ0v) is 13.9. The molecule has 0 spiro atoms. The Morgan fingerprint density at radius 3 is 2.52 bits per heavy atom. The average molecular weight is 329 g/mol. The Kier molecular flexibility index (Phi) is 5.28. The fourth-order valence-electron chi connectivity index (χ4n) is 2.32. The minimum atomic E-state index is -0.558. The van der Waals surface area contributed by atoms with Crippen LogP contribution in [0.15, 0.2) is 47.4 Å². The Morgan fingerprint density at radius 2 is 1.96 bits per heavy atom. The quantitative estimate of drug-likeness (QED) is 0.826. The van der Waals surface area contributed by atoms with E-state index in [1.165, 1.54) is 4.57 Å². The topological polar surface area (TPSA) is 77.1 Å². The lowest BCUT2D eigenvalue weighted by atomic mass is 10.1. The number of aryl methyl sites for hydroxylation is 1. The first kappa shape index (κ1) is 16.9. The number of nitrogens with two attached hydrogens (primary N) is 1. The second-order valence-electron chi connectivity index (χ2n) is 5.26. The van der Waals surface area contributed by atoms with Gasteiger partial charge in [0.1, 0.15) is 11.0 Å². The number of carbonyl (C=O) groups excluding carboxylic acids is 1. The lowest BCUT2D eigenvalue weighted by Gasteiger charge is -2.18. The molecule has 6 heteroatoms. The molecule has 2 rings (SSSR count). The van der Waals surface area contributed by atoms with Crippen molar-refractivity contribution in [3.63, 3.8) is 0 Å². The maximum Gasteiger partial charge on any atom is 0.254 e. The summed E-state index contributed by atoms with van der Waals surface area (Å²) >= 11 is 4.90. The van der Waals surface area contributed by atoms with Crippen LogP contribution >= 0.6 is 12.2 Å². The van der Waals surface area contributed by atoms with E-state index in [1.807, 2.05) is 6.92 Å². The van der Waals surface area contributed by atoms with E-state index in [9.17, 15) is 9.59 Å².